The van der Waals surface area contributed by atoms with Crippen LogP contribution >= 0.6 is 11.3 Å². The van der Waals surface area contributed by atoms with Gasteiger partial charge in [0.15, 0.2) is 11.4 Å². The Bertz CT molecular complexity index is 434. The summed E-state index contributed by atoms with van der Waals surface area (Å²) in [6.45, 7) is 1.96. The second kappa shape index (κ2) is 4.97. The van der Waals surface area contributed by atoms with Crippen LogP contribution < -0.4 is 4.90 Å². The van der Waals surface area contributed by atoms with Crippen LogP contribution in [0.3, 0.4) is 0 Å². The molecule has 0 amide bonds. The van der Waals surface area contributed by atoms with E-state index in [9.17, 15) is 4.79 Å². The van der Waals surface area contributed by atoms with Gasteiger partial charge in [-0.25, -0.2) is 4.98 Å². The number of hydrogen-bond donors (Lipinski definition) is 0. The fraction of sp³-hybridized carbons (Fsp3) is 0.692. The lowest BCUT2D eigenvalue weighted by Gasteiger charge is -2.30. The minimum Gasteiger partial charge on any atom is -0.381 e. The topological polar surface area (TPSA) is 42.4 Å². The molecule has 1 aliphatic heterocycles. The van der Waals surface area contributed by atoms with Crippen LogP contribution in [0.4, 0.5) is 5.13 Å². The lowest BCUT2D eigenvalue weighted by Crippen LogP contribution is -2.36. The maximum atomic E-state index is 11.1. The van der Waals surface area contributed by atoms with Crippen LogP contribution in [0.15, 0.2) is 0 Å². The van der Waals surface area contributed by atoms with Gasteiger partial charge in [-0.15, -0.1) is 0 Å². The second-order valence-electron chi connectivity index (χ2n) is 5.06. The maximum absolute atomic E-state index is 11.1. The van der Waals surface area contributed by atoms with E-state index in [1.807, 2.05) is 0 Å². The third kappa shape index (κ3) is 2.29. The van der Waals surface area contributed by atoms with E-state index < -0.39 is 0 Å². The van der Waals surface area contributed by atoms with Crippen LogP contribution in [0.5, 0.6) is 0 Å². The highest BCUT2D eigenvalue weighted by Gasteiger charge is 2.31. The van der Waals surface area contributed by atoms with Crippen molar-refractivity contribution in [3.8, 4) is 0 Å². The van der Waals surface area contributed by atoms with Crippen molar-refractivity contribution < 1.29 is 9.53 Å². The molecule has 0 radical (unpaired) electrons. The fourth-order valence-electron chi connectivity index (χ4n) is 2.48. The molecule has 18 heavy (non-hydrogen) atoms. The summed E-state index contributed by atoms with van der Waals surface area (Å²) in [5.74, 6) is 0.548. The van der Waals surface area contributed by atoms with Crippen molar-refractivity contribution in [1.29, 1.82) is 0 Å². The average Bonchev–Trinajstić information content (AvgIpc) is 3.18. The molecule has 0 spiro atoms. The third-order valence-corrected chi connectivity index (χ3v) is 4.84. The van der Waals surface area contributed by atoms with Gasteiger partial charge in [0.1, 0.15) is 0 Å². The van der Waals surface area contributed by atoms with Gasteiger partial charge in [-0.2, -0.15) is 0 Å². The molecule has 0 unspecified atom stereocenters. The number of anilines is 1. The lowest BCUT2D eigenvalue weighted by atomic mass is 10.1. The van der Waals surface area contributed by atoms with Crippen LogP contribution in [0.25, 0.3) is 0 Å². The Labute approximate surface area is 111 Å². The Morgan fingerprint density at radius 2 is 2.06 bits per heavy atom. The number of nitrogens with zero attached hydrogens (tertiary/aromatic N) is 2. The second-order valence-corrected chi connectivity index (χ2v) is 6.07. The molecule has 5 heteroatoms. The summed E-state index contributed by atoms with van der Waals surface area (Å²) in [7, 11) is 1.78. The van der Waals surface area contributed by atoms with Crippen LogP contribution in [0.1, 0.15) is 47.0 Å². The summed E-state index contributed by atoms with van der Waals surface area (Å²) >= 11 is 1.55. The monoisotopic (exact) mass is 266 g/mol. The van der Waals surface area contributed by atoms with Gasteiger partial charge in [0.2, 0.25) is 0 Å². The van der Waals surface area contributed by atoms with Gasteiger partial charge in [-0.1, -0.05) is 11.3 Å². The number of hydrogen-bond acceptors (Lipinski definition) is 5. The predicted molar refractivity (Wildman–Crippen MR) is 71.7 cm³/mol. The van der Waals surface area contributed by atoms with E-state index in [0.717, 1.165) is 47.9 Å². The van der Waals surface area contributed by atoms with Gasteiger partial charge in [0.05, 0.1) is 16.7 Å². The van der Waals surface area contributed by atoms with E-state index in [1.165, 1.54) is 12.8 Å². The molecule has 1 aliphatic carbocycles. The number of thiazole rings is 1. The molecule has 1 saturated heterocycles. The SMILES string of the molecule is COC1CCN(c2nc(C3CC3)c(C=O)s2)CC1. The summed E-state index contributed by atoms with van der Waals surface area (Å²) in [6, 6.07) is 0. The molecule has 1 saturated carbocycles. The van der Waals surface area contributed by atoms with Crippen molar-refractivity contribution in [2.24, 2.45) is 0 Å². The first-order valence-electron chi connectivity index (χ1n) is 6.55. The molecule has 0 bridgehead atoms. The molecule has 3 rings (SSSR count). The number of aldehydes is 1. The van der Waals surface area contributed by atoms with Crippen LogP contribution in [-0.4, -0.2) is 37.6 Å². The van der Waals surface area contributed by atoms with Crippen molar-refractivity contribution in [3.05, 3.63) is 10.6 Å². The first-order valence-corrected chi connectivity index (χ1v) is 7.37. The summed E-state index contributed by atoms with van der Waals surface area (Å²) in [4.78, 5) is 18.9. The van der Waals surface area contributed by atoms with E-state index in [4.69, 9.17) is 4.74 Å². The fourth-order valence-corrected chi connectivity index (χ4v) is 3.50. The molecule has 1 aromatic heterocycles. The highest BCUT2D eigenvalue weighted by atomic mass is 32.1. The highest BCUT2D eigenvalue weighted by Crippen LogP contribution is 2.43. The largest absolute Gasteiger partial charge is 0.381 e. The number of carbonyl (C=O) groups excluding carboxylic acids is 1. The minimum absolute atomic E-state index is 0.384. The summed E-state index contributed by atoms with van der Waals surface area (Å²) in [6.07, 6.45) is 5.83. The molecule has 98 valence electrons. The summed E-state index contributed by atoms with van der Waals surface area (Å²) in [5.41, 5.74) is 1.04. The number of piperidine rings is 1. The third-order valence-electron chi connectivity index (χ3n) is 3.79. The molecular formula is C13H18N2O2S. The molecule has 2 fully saturated rings. The Balaban J connectivity index is 1.74. The zero-order valence-corrected chi connectivity index (χ0v) is 11.4. The molecule has 1 aromatic rings. The van der Waals surface area contributed by atoms with Crippen molar-refractivity contribution >= 4 is 22.8 Å². The van der Waals surface area contributed by atoms with Crippen LogP contribution in [-0.2, 0) is 4.74 Å². The van der Waals surface area contributed by atoms with E-state index in [0.29, 0.717) is 12.0 Å². The number of aromatic nitrogens is 1. The average molecular weight is 266 g/mol. The van der Waals surface area contributed by atoms with Gasteiger partial charge in [0, 0.05) is 26.1 Å². The maximum Gasteiger partial charge on any atom is 0.186 e. The van der Waals surface area contributed by atoms with Crippen LogP contribution in [0.2, 0.25) is 0 Å². The molecule has 0 atom stereocenters. The van der Waals surface area contributed by atoms with E-state index in [1.54, 1.807) is 18.4 Å². The normalized spacial score (nSPS) is 21.3. The van der Waals surface area contributed by atoms with E-state index in [2.05, 4.69) is 9.88 Å². The van der Waals surface area contributed by atoms with Crippen molar-refractivity contribution in [3.63, 3.8) is 0 Å². The smallest absolute Gasteiger partial charge is 0.186 e. The summed E-state index contributed by atoms with van der Waals surface area (Å²) in [5, 5.41) is 1.02. The number of rotatable bonds is 4. The van der Waals surface area contributed by atoms with Crippen LogP contribution in [0, 0.1) is 0 Å². The van der Waals surface area contributed by atoms with Gasteiger partial charge in [-0.05, 0) is 25.7 Å². The molecule has 4 nitrogen and oxygen atoms in total. The van der Waals surface area contributed by atoms with Gasteiger partial charge >= 0.3 is 0 Å². The van der Waals surface area contributed by atoms with E-state index >= 15 is 0 Å². The van der Waals surface area contributed by atoms with Crippen molar-refractivity contribution in [2.45, 2.75) is 37.7 Å². The Hall–Kier alpha value is -0.940. The number of ether oxygens (including phenoxy) is 1. The van der Waals surface area contributed by atoms with Gasteiger partial charge < -0.3 is 9.64 Å². The molecule has 2 heterocycles. The van der Waals surface area contributed by atoms with Crippen molar-refractivity contribution in [2.75, 3.05) is 25.1 Å². The minimum atomic E-state index is 0.384. The Kier molecular flexibility index (Phi) is 3.35. The Morgan fingerprint density at radius 1 is 1.33 bits per heavy atom. The van der Waals surface area contributed by atoms with Gasteiger partial charge in [0.25, 0.3) is 0 Å². The number of methoxy groups -OCH3 is 1. The quantitative estimate of drug-likeness (QED) is 0.785. The molecular weight excluding hydrogens is 248 g/mol. The highest BCUT2D eigenvalue weighted by molar-refractivity contribution is 7.17. The van der Waals surface area contributed by atoms with E-state index in [-0.39, 0.29) is 0 Å². The standard InChI is InChI=1S/C13H18N2O2S/c1-17-10-4-6-15(7-5-10)13-14-12(9-2-3-9)11(8-16)18-13/h8-10H,2-7H2,1H3. The van der Waals surface area contributed by atoms with Gasteiger partial charge in [-0.3, -0.25) is 4.79 Å². The molecule has 0 aromatic carbocycles. The zero-order valence-electron chi connectivity index (χ0n) is 10.6. The zero-order chi connectivity index (χ0) is 12.5. The number of carbonyl (C=O) groups is 1. The Morgan fingerprint density at radius 3 is 2.61 bits per heavy atom. The first kappa shape index (κ1) is 12.1. The first-order chi connectivity index (χ1) is 8.81. The predicted octanol–water partition coefficient (Wildman–Crippen LogP) is 2.45. The summed E-state index contributed by atoms with van der Waals surface area (Å²) < 4.78 is 5.37. The van der Waals surface area contributed by atoms with Crippen molar-refractivity contribution in [1.82, 2.24) is 4.98 Å². The lowest BCUT2D eigenvalue weighted by molar-refractivity contribution is 0.0819. The molecule has 0 N–H and O–H groups in total. The molecule has 2 aliphatic rings.